The molecule has 3 nitrogen and oxygen atoms in total. The lowest BCUT2D eigenvalue weighted by molar-refractivity contribution is -0.138. The monoisotopic (exact) mass is 268 g/mol. The Morgan fingerprint density at radius 1 is 1.11 bits per heavy atom. The zero-order chi connectivity index (χ0) is 13.9. The third-order valence-electron chi connectivity index (χ3n) is 2.50. The summed E-state index contributed by atoms with van der Waals surface area (Å²) in [7, 11) is 0. The average molecular weight is 268 g/mol. The van der Waals surface area contributed by atoms with Gasteiger partial charge >= 0.3 is 6.18 Å². The Labute approximate surface area is 107 Å². The first-order valence-corrected chi connectivity index (χ1v) is 5.49. The number of alkyl halides is 3. The molecule has 0 aliphatic rings. The van der Waals surface area contributed by atoms with Gasteiger partial charge < -0.3 is 10.5 Å². The van der Waals surface area contributed by atoms with Gasteiger partial charge in [0, 0.05) is 18.3 Å². The molecule has 2 aromatic rings. The Hall–Kier alpha value is -2.08. The lowest BCUT2D eigenvalue weighted by Gasteiger charge is -2.14. The van der Waals surface area contributed by atoms with E-state index in [0.29, 0.717) is 5.56 Å². The van der Waals surface area contributed by atoms with Crippen molar-refractivity contribution < 1.29 is 17.9 Å². The fraction of sp³-hybridized carbons (Fsp3) is 0.154. The van der Waals surface area contributed by atoms with Crippen molar-refractivity contribution in [2.75, 3.05) is 0 Å². The van der Waals surface area contributed by atoms with Crippen LogP contribution in [0, 0.1) is 0 Å². The predicted molar refractivity (Wildman–Crippen MR) is 63.6 cm³/mol. The first-order valence-electron chi connectivity index (χ1n) is 5.49. The second-order valence-electron chi connectivity index (χ2n) is 3.78. The highest BCUT2D eigenvalue weighted by Gasteiger charge is 2.34. The highest BCUT2D eigenvalue weighted by Crippen LogP contribution is 2.38. The minimum absolute atomic E-state index is 0.159. The van der Waals surface area contributed by atoms with E-state index in [1.165, 1.54) is 30.6 Å². The van der Waals surface area contributed by atoms with E-state index in [-0.39, 0.29) is 18.0 Å². The van der Waals surface area contributed by atoms with Crippen LogP contribution in [0.5, 0.6) is 11.5 Å². The van der Waals surface area contributed by atoms with E-state index in [0.717, 1.165) is 6.07 Å². The number of rotatable bonds is 3. The van der Waals surface area contributed by atoms with Crippen molar-refractivity contribution >= 4 is 0 Å². The Balaban J connectivity index is 2.39. The van der Waals surface area contributed by atoms with Gasteiger partial charge in [0.1, 0.15) is 11.5 Å². The summed E-state index contributed by atoms with van der Waals surface area (Å²) in [6.07, 6.45) is -1.62. The van der Waals surface area contributed by atoms with E-state index in [1.807, 2.05) is 0 Å². The molecule has 100 valence electrons. The first kappa shape index (κ1) is 13.4. The number of para-hydroxylation sites is 1. The highest BCUT2D eigenvalue weighted by atomic mass is 19.4. The quantitative estimate of drug-likeness (QED) is 0.928. The summed E-state index contributed by atoms with van der Waals surface area (Å²) in [5.74, 6) is -0.0422. The van der Waals surface area contributed by atoms with Crippen molar-refractivity contribution in [1.29, 1.82) is 0 Å². The number of nitrogens with zero attached hydrogens (tertiary/aromatic N) is 1. The molecule has 1 heterocycles. The summed E-state index contributed by atoms with van der Waals surface area (Å²) in [5.41, 5.74) is 5.26. The molecule has 0 unspecified atom stereocenters. The van der Waals surface area contributed by atoms with Crippen molar-refractivity contribution in [2.45, 2.75) is 12.7 Å². The van der Waals surface area contributed by atoms with E-state index >= 15 is 0 Å². The summed E-state index contributed by atoms with van der Waals surface area (Å²) in [4.78, 5) is 3.82. The molecular weight excluding hydrogens is 257 g/mol. The molecule has 0 spiro atoms. The van der Waals surface area contributed by atoms with Crippen LogP contribution in [-0.4, -0.2) is 4.98 Å². The number of ether oxygens (including phenoxy) is 1. The second-order valence-corrected chi connectivity index (χ2v) is 3.78. The second kappa shape index (κ2) is 5.27. The van der Waals surface area contributed by atoms with Crippen molar-refractivity contribution in [3.8, 4) is 11.5 Å². The van der Waals surface area contributed by atoms with Crippen LogP contribution < -0.4 is 10.5 Å². The Morgan fingerprint density at radius 3 is 2.53 bits per heavy atom. The van der Waals surface area contributed by atoms with Crippen LogP contribution in [0.2, 0.25) is 0 Å². The maximum absolute atomic E-state index is 12.8. The predicted octanol–water partition coefficient (Wildman–Crippen LogP) is 3.35. The van der Waals surface area contributed by atoms with Gasteiger partial charge in [0.25, 0.3) is 0 Å². The van der Waals surface area contributed by atoms with Gasteiger partial charge in [-0.3, -0.25) is 4.98 Å². The SMILES string of the molecule is NCc1ccncc1Oc1ccccc1C(F)(F)F. The summed E-state index contributed by atoms with van der Waals surface area (Å²) < 4.78 is 43.7. The van der Waals surface area contributed by atoms with Crippen molar-refractivity contribution in [2.24, 2.45) is 5.73 Å². The maximum Gasteiger partial charge on any atom is 0.419 e. The van der Waals surface area contributed by atoms with Crippen LogP contribution in [0.1, 0.15) is 11.1 Å². The fourth-order valence-electron chi connectivity index (χ4n) is 1.58. The highest BCUT2D eigenvalue weighted by molar-refractivity contribution is 5.41. The molecular formula is C13H11F3N2O. The largest absolute Gasteiger partial charge is 0.455 e. The van der Waals surface area contributed by atoms with E-state index in [1.54, 1.807) is 6.07 Å². The van der Waals surface area contributed by atoms with E-state index < -0.39 is 11.7 Å². The first-order chi connectivity index (χ1) is 9.02. The molecule has 0 aliphatic carbocycles. The number of halogens is 3. The molecule has 1 aromatic heterocycles. The summed E-state index contributed by atoms with van der Waals surface area (Å²) in [6.45, 7) is 0.159. The molecule has 0 bridgehead atoms. The van der Waals surface area contributed by atoms with Gasteiger partial charge in [0.2, 0.25) is 0 Å². The van der Waals surface area contributed by atoms with Gasteiger partial charge in [-0.2, -0.15) is 13.2 Å². The third-order valence-corrected chi connectivity index (χ3v) is 2.50. The van der Waals surface area contributed by atoms with Crippen LogP contribution in [0.25, 0.3) is 0 Å². The minimum atomic E-state index is -4.47. The van der Waals surface area contributed by atoms with Gasteiger partial charge in [-0.25, -0.2) is 0 Å². The van der Waals surface area contributed by atoms with E-state index in [2.05, 4.69) is 4.98 Å². The fourth-order valence-corrected chi connectivity index (χ4v) is 1.58. The van der Waals surface area contributed by atoms with Crippen molar-refractivity contribution in [1.82, 2.24) is 4.98 Å². The Morgan fingerprint density at radius 2 is 1.84 bits per heavy atom. The zero-order valence-electron chi connectivity index (χ0n) is 9.82. The Kier molecular flexibility index (Phi) is 3.71. The lowest BCUT2D eigenvalue weighted by atomic mass is 10.2. The summed E-state index contributed by atoms with van der Waals surface area (Å²) in [6, 6.07) is 6.61. The number of nitrogens with two attached hydrogens (primary N) is 1. The molecule has 0 radical (unpaired) electrons. The zero-order valence-corrected chi connectivity index (χ0v) is 9.82. The van der Waals surface area contributed by atoms with Gasteiger partial charge in [0.15, 0.2) is 0 Å². The van der Waals surface area contributed by atoms with Crippen LogP contribution in [0.15, 0.2) is 42.7 Å². The van der Waals surface area contributed by atoms with Crippen LogP contribution in [0.4, 0.5) is 13.2 Å². The average Bonchev–Trinajstić information content (AvgIpc) is 2.39. The van der Waals surface area contributed by atoms with Gasteiger partial charge in [-0.1, -0.05) is 12.1 Å². The lowest BCUT2D eigenvalue weighted by Crippen LogP contribution is -2.07. The molecule has 1 aromatic carbocycles. The molecule has 2 N–H and O–H groups in total. The number of pyridine rings is 1. The molecule has 0 amide bonds. The van der Waals surface area contributed by atoms with Crippen LogP contribution in [0.3, 0.4) is 0 Å². The smallest absolute Gasteiger partial charge is 0.419 e. The normalized spacial score (nSPS) is 11.4. The summed E-state index contributed by atoms with van der Waals surface area (Å²) in [5, 5.41) is 0. The molecule has 0 aliphatic heterocycles. The molecule has 0 saturated heterocycles. The molecule has 2 rings (SSSR count). The molecule has 19 heavy (non-hydrogen) atoms. The molecule has 0 fully saturated rings. The number of hydrogen-bond acceptors (Lipinski definition) is 3. The standard InChI is InChI=1S/C13H11F3N2O/c14-13(15,16)10-3-1-2-4-11(10)19-12-8-18-6-5-9(12)7-17/h1-6,8H,7,17H2. The number of benzene rings is 1. The molecule has 6 heteroatoms. The third kappa shape index (κ3) is 3.03. The van der Waals surface area contributed by atoms with Crippen molar-refractivity contribution in [3.63, 3.8) is 0 Å². The Bertz CT molecular complexity index is 570. The van der Waals surface area contributed by atoms with E-state index in [4.69, 9.17) is 10.5 Å². The maximum atomic E-state index is 12.8. The van der Waals surface area contributed by atoms with E-state index in [9.17, 15) is 13.2 Å². The number of hydrogen-bond donors (Lipinski definition) is 1. The van der Waals surface area contributed by atoms with Crippen LogP contribution >= 0.6 is 0 Å². The topological polar surface area (TPSA) is 48.1 Å². The summed E-state index contributed by atoms with van der Waals surface area (Å²) >= 11 is 0. The van der Waals surface area contributed by atoms with Crippen molar-refractivity contribution in [3.05, 3.63) is 53.9 Å². The van der Waals surface area contributed by atoms with Crippen LogP contribution in [-0.2, 0) is 12.7 Å². The van der Waals surface area contributed by atoms with Gasteiger partial charge in [0.05, 0.1) is 11.8 Å². The van der Waals surface area contributed by atoms with Gasteiger partial charge in [-0.05, 0) is 18.2 Å². The molecule has 0 atom stereocenters. The van der Waals surface area contributed by atoms with Gasteiger partial charge in [-0.15, -0.1) is 0 Å². The molecule has 0 saturated carbocycles. The minimum Gasteiger partial charge on any atom is -0.455 e. The number of aromatic nitrogens is 1.